The van der Waals surface area contributed by atoms with Crippen molar-refractivity contribution >= 4 is 31.9 Å². The van der Waals surface area contributed by atoms with E-state index >= 15 is 0 Å². The number of carbonyl (C=O) groups excluding carboxylic acids is 1. The third kappa shape index (κ3) is 7.38. The molecule has 1 amide bonds. The first-order valence-electron chi connectivity index (χ1n) is 7.29. The predicted octanol–water partition coefficient (Wildman–Crippen LogP) is 2.52. The van der Waals surface area contributed by atoms with Crippen molar-refractivity contribution in [3.8, 4) is 0 Å². The van der Waals surface area contributed by atoms with Crippen LogP contribution in [0.3, 0.4) is 0 Å². The monoisotopic (exact) mass is 390 g/mol. The Hall–Kier alpha value is -0.920. The molecule has 0 aliphatic carbocycles. The average molecular weight is 391 g/mol. The lowest BCUT2D eigenvalue weighted by atomic mass is 10.2. The first-order valence-corrected chi connectivity index (χ1v) is 9.93. The molecule has 0 saturated carbocycles. The third-order valence-corrected chi connectivity index (χ3v) is 4.89. The molecule has 0 spiro atoms. The lowest BCUT2D eigenvalue weighted by Crippen LogP contribution is -2.40. The number of amides is 1. The predicted molar refractivity (Wildman–Crippen MR) is 91.9 cm³/mol. The second kappa shape index (κ2) is 9.27. The molecule has 0 atom stereocenters. The van der Waals surface area contributed by atoms with E-state index in [1.165, 1.54) is 4.31 Å². The van der Waals surface area contributed by atoms with Crippen LogP contribution in [0.4, 0.5) is 0 Å². The number of carbonyl (C=O) groups is 1. The highest BCUT2D eigenvalue weighted by Gasteiger charge is 2.20. The Morgan fingerprint density at radius 3 is 2.41 bits per heavy atom. The van der Waals surface area contributed by atoms with Crippen molar-refractivity contribution in [2.45, 2.75) is 32.7 Å². The Kier molecular flexibility index (Phi) is 8.06. The van der Waals surface area contributed by atoms with E-state index in [1.807, 2.05) is 24.3 Å². The Bertz CT molecular complexity index is 573. The molecular weight excluding hydrogens is 368 g/mol. The standard InChI is InChI=1S/C15H23BrN2O3S/c1-3-4-5-10-17-15(19)12-18(22(2,20)21)11-13-6-8-14(16)9-7-13/h6-9H,3-5,10-12H2,1-2H3,(H,17,19). The Morgan fingerprint density at radius 2 is 1.86 bits per heavy atom. The van der Waals surface area contributed by atoms with Gasteiger partial charge in [-0.3, -0.25) is 4.79 Å². The SMILES string of the molecule is CCCCCNC(=O)CN(Cc1ccc(Br)cc1)S(C)(=O)=O. The number of hydrogen-bond donors (Lipinski definition) is 1. The summed E-state index contributed by atoms with van der Waals surface area (Å²) in [5.41, 5.74) is 0.840. The van der Waals surface area contributed by atoms with Gasteiger partial charge in [-0.25, -0.2) is 8.42 Å². The third-order valence-electron chi connectivity index (χ3n) is 3.16. The number of rotatable bonds is 9. The van der Waals surface area contributed by atoms with E-state index in [4.69, 9.17) is 0 Å². The summed E-state index contributed by atoms with van der Waals surface area (Å²) in [6.07, 6.45) is 4.16. The van der Waals surface area contributed by atoms with Gasteiger partial charge in [0.2, 0.25) is 15.9 Å². The fourth-order valence-electron chi connectivity index (χ4n) is 1.90. The van der Waals surface area contributed by atoms with Gasteiger partial charge in [0.25, 0.3) is 0 Å². The van der Waals surface area contributed by atoms with Crippen molar-refractivity contribution in [2.75, 3.05) is 19.3 Å². The lowest BCUT2D eigenvalue weighted by Gasteiger charge is -2.19. The van der Waals surface area contributed by atoms with Gasteiger partial charge in [-0.1, -0.05) is 47.8 Å². The molecule has 1 N–H and O–H groups in total. The van der Waals surface area contributed by atoms with Gasteiger partial charge in [0.05, 0.1) is 12.8 Å². The second-order valence-corrected chi connectivity index (χ2v) is 8.11. The Morgan fingerprint density at radius 1 is 1.23 bits per heavy atom. The van der Waals surface area contributed by atoms with Crippen LogP contribution in [0.5, 0.6) is 0 Å². The Labute approximate surface area is 141 Å². The van der Waals surface area contributed by atoms with E-state index in [2.05, 4.69) is 28.2 Å². The minimum absolute atomic E-state index is 0.152. The molecular formula is C15H23BrN2O3S. The molecule has 1 aromatic carbocycles. The topological polar surface area (TPSA) is 66.5 Å². The van der Waals surface area contributed by atoms with Crippen LogP contribution >= 0.6 is 15.9 Å². The van der Waals surface area contributed by atoms with Gasteiger partial charge in [-0.05, 0) is 24.1 Å². The van der Waals surface area contributed by atoms with Crippen LogP contribution in [-0.2, 0) is 21.4 Å². The molecule has 0 radical (unpaired) electrons. The van der Waals surface area contributed by atoms with E-state index < -0.39 is 10.0 Å². The van der Waals surface area contributed by atoms with E-state index in [-0.39, 0.29) is 19.0 Å². The molecule has 7 heteroatoms. The summed E-state index contributed by atoms with van der Waals surface area (Å²) in [5, 5.41) is 2.76. The second-order valence-electron chi connectivity index (χ2n) is 5.21. The lowest BCUT2D eigenvalue weighted by molar-refractivity contribution is -0.121. The molecule has 124 valence electrons. The van der Waals surface area contributed by atoms with Gasteiger partial charge >= 0.3 is 0 Å². The molecule has 0 heterocycles. The molecule has 0 fully saturated rings. The quantitative estimate of drug-likeness (QED) is 0.658. The number of benzene rings is 1. The summed E-state index contributed by atoms with van der Waals surface area (Å²) in [7, 11) is -3.44. The van der Waals surface area contributed by atoms with E-state index in [9.17, 15) is 13.2 Å². The zero-order valence-electron chi connectivity index (χ0n) is 13.0. The summed E-state index contributed by atoms with van der Waals surface area (Å²) in [6, 6.07) is 7.37. The van der Waals surface area contributed by atoms with Crippen LogP contribution in [0, 0.1) is 0 Å². The molecule has 22 heavy (non-hydrogen) atoms. The highest BCUT2D eigenvalue weighted by atomic mass is 79.9. The van der Waals surface area contributed by atoms with Crippen molar-refractivity contribution in [1.29, 1.82) is 0 Å². The van der Waals surface area contributed by atoms with Crippen molar-refractivity contribution in [3.63, 3.8) is 0 Å². The zero-order chi connectivity index (χ0) is 16.6. The van der Waals surface area contributed by atoms with Gasteiger partial charge < -0.3 is 5.32 Å². The highest BCUT2D eigenvalue weighted by molar-refractivity contribution is 9.10. The molecule has 0 aliphatic rings. The molecule has 1 rings (SSSR count). The summed E-state index contributed by atoms with van der Waals surface area (Å²) in [4.78, 5) is 11.9. The minimum atomic E-state index is -3.44. The van der Waals surface area contributed by atoms with Crippen LogP contribution in [0.1, 0.15) is 31.7 Å². The summed E-state index contributed by atoms with van der Waals surface area (Å²) in [6.45, 7) is 2.71. The number of unbranched alkanes of at least 4 members (excludes halogenated alkanes) is 2. The van der Waals surface area contributed by atoms with E-state index in [1.54, 1.807) is 0 Å². The number of sulfonamides is 1. The van der Waals surface area contributed by atoms with E-state index in [0.717, 1.165) is 35.6 Å². The normalized spacial score (nSPS) is 11.6. The van der Waals surface area contributed by atoms with Crippen molar-refractivity contribution in [2.24, 2.45) is 0 Å². The van der Waals surface area contributed by atoms with E-state index in [0.29, 0.717) is 6.54 Å². The van der Waals surface area contributed by atoms with Crippen molar-refractivity contribution in [3.05, 3.63) is 34.3 Å². The highest BCUT2D eigenvalue weighted by Crippen LogP contribution is 2.13. The van der Waals surface area contributed by atoms with Gasteiger partial charge in [0.1, 0.15) is 0 Å². The molecule has 0 bridgehead atoms. The van der Waals surface area contributed by atoms with Gasteiger partial charge in [-0.2, -0.15) is 4.31 Å². The Balaban J connectivity index is 2.62. The average Bonchev–Trinajstić information content (AvgIpc) is 2.44. The molecule has 1 aromatic rings. The van der Waals surface area contributed by atoms with Gasteiger partial charge in [0.15, 0.2) is 0 Å². The smallest absolute Gasteiger partial charge is 0.235 e. The fourth-order valence-corrected chi connectivity index (χ4v) is 2.90. The maximum atomic E-state index is 11.9. The van der Waals surface area contributed by atoms with Gasteiger partial charge in [0, 0.05) is 17.6 Å². The maximum absolute atomic E-state index is 11.9. The van der Waals surface area contributed by atoms with Gasteiger partial charge in [-0.15, -0.1) is 0 Å². The first kappa shape index (κ1) is 19.1. The summed E-state index contributed by atoms with van der Waals surface area (Å²) >= 11 is 3.34. The molecule has 0 aliphatic heterocycles. The minimum Gasteiger partial charge on any atom is -0.355 e. The zero-order valence-corrected chi connectivity index (χ0v) is 15.4. The molecule has 0 unspecified atom stereocenters. The fraction of sp³-hybridized carbons (Fsp3) is 0.533. The summed E-state index contributed by atoms with van der Waals surface area (Å²) in [5.74, 6) is -0.265. The van der Waals surface area contributed by atoms with Crippen molar-refractivity contribution < 1.29 is 13.2 Å². The number of nitrogens with zero attached hydrogens (tertiary/aromatic N) is 1. The maximum Gasteiger partial charge on any atom is 0.235 e. The molecule has 0 aromatic heterocycles. The van der Waals surface area contributed by atoms with Crippen LogP contribution < -0.4 is 5.32 Å². The van der Waals surface area contributed by atoms with Crippen LogP contribution in [-0.4, -0.2) is 38.0 Å². The first-order chi connectivity index (χ1) is 10.3. The van der Waals surface area contributed by atoms with Crippen LogP contribution in [0.15, 0.2) is 28.7 Å². The molecule has 5 nitrogen and oxygen atoms in total. The van der Waals surface area contributed by atoms with Crippen LogP contribution in [0.2, 0.25) is 0 Å². The summed E-state index contributed by atoms with van der Waals surface area (Å²) < 4.78 is 25.8. The largest absolute Gasteiger partial charge is 0.355 e. The molecule has 0 saturated heterocycles. The van der Waals surface area contributed by atoms with Crippen molar-refractivity contribution in [1.82, 2.24) is 9.62 Å². The number of hydrogen-bond acceptors (Lipinski definition) is 3. The number of nitrogens with one attached hydrogen (secondary N) is 1. The van der Waals surface area contributed by atoms with Crippen LogP contribution in [0.25, 0.3) is 0 Å². The number of halogens is 1.